The van der Waals surface area contributed by atoms with Gasteiger partial charge in [-0.25, -0.2) is 8.42 Å². The van der Waals surface area contributed by atoms with Gasteiger partial charge >= 0.3 is 12.3 Å². The van der Waals surface area contributed by atoms with E-state index in [-0.39, 0.29) is 87.7 Å². The summed E-state index contributed by atoms with van der Waals surface area (Å²) in [5, 5.41) is 14.9. The molecule has 0 radical (unpaired) electrons. The van der Waals surface area contributed by atoms with Gasteiger partial charge in [0.2, 0.25) is 11.2 Å². The normalized spacial score (nSPS) is 14.2. The molecular formula is C27H24Cl2F2N6O7S. The van der Waals surface area contributed by atoms with E-state index in [2.05, 4.69) is 35.3 Å². The van der Waals surface area contributed by atoms with E-state index in [0.717, 1.165) is 6.26 Å². The molecule has 238 valence electrons. The van der Waals surface area contributed by atoms with E-state index in [0.29, 0.717) is 0 Å². The standard InChI is InChI=1S/C27H24Cl2F2N6O7S/c1-45(39,40)15-7-8-18(19(14-15)34-25-35-24(29)36-26(37-25)42-13-12-41-11-10-38)33-21(22-17(28)5-3-9-32-22)16-4-2-6-20-23(16)44-27(30,31)43-20/h2-9,14,21,33,38H,10-13H2,1H3,(H,34,35,36,37)/t21-/m0/s1. The third-order valence-corrected chi connectivity index (χ3v) is 7.68. The number of nitrogens with zero attached hydrogens (tertiary/aromatic N) is 4. The second-order valence-corrected chi connectivity index (χ2v) is 12.1. The predicted molar refractivity (Wildman–Crippen MR) is 158 cm³/mol. The first-order valence-electron chi connectivity index (χ1n) is 13.0. The number of hydrogen-bond acceptors (Lipinski definition) is 13. The van der Waals surface area contributed by atoms with Crippen LogP contribution >= 0.6 is 23.2 Å². The van der Waals surface area contributed by atoms with Crippen LogP contribution in [0.1, 0.15) is 17.3 Å². The average molecular weight is 685 g/mol. The Morgan fingerprint density at radius 2 is 1.84 bits per heavy atom. The van der Waals surface area contributed by atoms with Crippen molar-refractivity contribution in [3.8, 4) is 17.5 Å². The summed E-state index contributed by atoms with van der Waals surface area (Å²) in [5.74, 6) is -0.548. The third-order valence-electron chi connectivity index (χ3n) is 6.08. The highest BCUT2D eigenvalue weighted by Crippen LogP contribution is 2.47. The predicted octanol–water partition coefficient (Wildman–Crippen LogP) is 4.63. The first-order chi connectivity index (χ1) is 21.4. The van der Waals surface area contributed by atoms with Crippen LogP contribution in [0.15, 0.2) is 59.6 Å². The largest absolute Gasteiger partial charge is 0.586 e. The van der Waals surface area contributed by atoms with Gasteiger partial charge in [0.15, 0.2) is 21.3 Å². The second-order valence-electron chi connectivity index (χ2n) is 9.29. The van der Waals surface area contributed by atoms with E-state index in [1.54, 1.807) is 12.1 Å². The van der Waals surface area contributed by atoms with Crippen molar-refractivity contribution in [2.75, 3.05) is 43.3 Å². The first-order valence-corrected chi connectivity index (χ1v) is 15.7. The smallest absolute Gasteiger partial charge is 0.461 e. The molecule has 2 aromatic heterocycles. The summed E-state index contributed by atoms with van der Waals surface area (Å²) in [4.78, 5) is 16.4. The lowest BCUT2D eigenvalue weighted by molar-refractivity contribution is -0.287. The van der Waals surface area contributed by atoms with E-state index in [1.807, 2.05) is 0 Å². The van der Waals surface area contributed by atoms with Crippen molar-refractivity contribution in [2.45, 2.75) is 17.2 Å². The minimum Gasteiger partial charge on any atom is -0.461 e. The number of para-hydroxylation sites is 1. The van der Waals surface area contributed by atoms with Crippen LogP contribution < -0.4 is 24.8 Å². The number of anilines is 3. The van der Waals surface area contributed by atoms with Crippen molar-refractivity contribution in [1.29, 1.82) is 0 Å². The zero-order valence-electron chi connectivity index (χ0n) is 23.2. The molecule has 1 aliphatic heterocycles. The summed E-state index contributed by atoms with van der Waals surface area (Å²) in [6.45, 7) is 0.147. The summed E-state index contributed by atoms with van der Waals surface area (Å²) in [7, 11) is -3.69. The van der Waals surface area contributed by atoms with Gasteiger partial charge in [0, 0.05) is 18.0 Å². The van der Waals surface area contributed by atoms with Crippen LogP contribution in [0.4, 0.5) is 26.1 Å². The van der Waals surface area contributed by atoms with Gasteiger partial charge in [-0.3, -0.25) is 4.98 Å². The van der Waals surface area contributed by atoms with Crippen molar-refractivity contribution >= 4 is 50.4 Å². The fourth-order valence-electron chi connectivity index (χ4n) is 4.19. The van der Waals surface area contributed by atoms with E-state index < -0.39 is 22.2 Å². The van der Waals surface area contributed by atoms with Gasteiger partial charge in [-0.15, -0.1) is 8.78 Å². The van der Waals surface area contributed by atoms with Crippen molar-refractivity contribution in [1.82, 2.24) is 19.9 Å². The number of aliphatic hydroxyl groups is 1. The van der Waals surface area contributed by atoms with Crippen LogP contribution in [0.25, 0.3) is 0 Å². The minimum absolute atomic E-state index is 0.0366. The van der Waals surface area contributed by atoms with Gasteiger partial charge in [0.1, 0.15) is 6.61 Å². The zero-order chi connectivity index (χ0) is 32.2. The number of benzene rings is 2. The maximum atomic E-state index is 14.1. The Bertz CT molecular complexity index is 1810. The van der Waals surface area contributed by atoms with Crippen LogP contribution in [0.2, 0.25) is 10.3 Å². The Labute approximate surface area is 265 Å². The number of ether oxygens (including phenoxy) is 4. The topological polar surface area (TPSA) is 167 Å². The molecule has 18 heteroatoms. The van der Waals surface area contributed by atoms with Crippen LogP contribution in [0.3, 0.4) is 0 Å². The number of halogens is 4. The lowest BCUT2D eigenvalue weighted by Gasteiger charge is -2.24. The van der Waals surface area contributed by atoms with Crippen molar-refractivity contribution in [3.05, 3.63) is 76.3 Å². The molecule has 0 fully saturated rings. The molecule has 3 heterocycles. The summed E-state index contributed by atoms with van der Waals surface area (Å²) in [6.07, 6.45) is -1.39. The number of nitrogens with one attached hydrogen (secondary N) is 2. The molecule has 0 aliphatic carbocycles. The Morgan fingerprint density at radius 3 is 2.60 bits per heavy atom. The number of aromatic nitrogens is 4. The molecule has 1 atom stereocenters. The number of fused-ring (bicyclic) bond motifs is 1. The number of hydrogen-bond donors (Lipinski definition) is 3. The average Bonchev–Trinajstić information content (AvgIpc) is 3.30. The molecule has 4 aromatic rings. The first kappa shape index (κ1) is 32.3. The summed E-state index contributed by atoms with van der Waals surface area (Å²) in [6, 6.07) is 10.5. The third kappa shape index (κ3) is 7.96. The van der Waals surface area contributed by atoms with Gasteiger partial charge < -0.3 is 34.7 Å². The minimum atomic E-state index is -3.90. The van der Waals surface area contributed by atoms with E-state index >= 15 is 0 Å². The molecule has 45 heavy (non-hydrogen) atoms. The molecule has 0 saturated heterocycles. The number of aliphatic hydroxyl groups excluding tert-OH is 1. The van der Waals surface area contributed by atoms with Crippen LogP contribution in [0.5, 0.6) is 17.5 Å². The molecule has 0 spiro atoms. The van der Waals surface area contributed by atoms with Gasteiger partial charge in [-0.2, -0.15) is 15.0 Å². The fraction of sp³-hybridized carbons (Fsp3) is 0.259. The number of alkyl halides is 2. The fourth-order valence-corrected chi connectivity index (χ4v) is 5.22. The maximum Gasteiger partial charge on any atom is 0.586 e. The van der Waals surface area contributed by atoms with Gasteiger partial charge in [0.25, 0.3) is 0 Å². The molecule has 0 bridgehead atoms. The Balaban J connectivity index is 1.54. The molecule has 0 saturated carbocycles. The lowest BCUT2D eigenvalue weighted by Crippen LogP contribution is -2.26. The van der Waals surface area contributed by atoms with Crippen LogP contribution in [0, 0.1) is 0 Å². The molecule has 13 nitrogen and oxygen atoms in total. The SMILES string of the molecule is CS(=O)(=O)c1ccc(N[C@@H](c2cccc3c2OC(F)(F)O3)c2ncccc2Cl)c(Nc2nc(Cl)nc(OCCOCCO)n2)c1. The summed E-state index contributed by atoms with van der Waals surface area (Å²) < 4.78 is 73.2. The highest BCUT2D eigenvalue weighted by Gasteiger charge is 2.45. The number of rotatable bonds is 13. The van der Waals surface area contributed by atoms with Crippen LogP contribution in [-0.2, 0) is 14.6 Å². The quantitative estimate of drug-likeness (QED) is 0.167. The van der Waals surface area contributed by atoms with Gasteiger partial charge in [-0.1, -0.05) is 23.7 Å². The Kier molecular flexibility index (Phi) is 9.69. The molecule has 5 rings (SSSR count). The number of pyridine rings is 1. The highest BCUT2D eigenvalue weighted by molar-refractivity contribution is 7.90. The van der Waals surface area contributed by atoms with Crippen molar-refractivity contribution in [2.24, 2.45) is 0 Å². The van der Waals surface area contributed by atoms with E-state index in [1.165, 1.54) is 42.6 Å². The van der Waals surface area contributed by atoms with Crippen molar-refractivity contribution < 1.29 is 41.3 Å². The summed E-state index contributed by atoms with van der Waals surface area (Å²) >= 11 is 12.6. The second kappa shape index (κ2) is 13.5. The zero-order valence-corrected chi connectivity index (χ0v) is 25.5. The van der Waals surface area contributed by atoms with E-state index in [4.69, 9.17) is 42.5 Å². The highest BCUT2D eigenvalue weighted by atomic mass is 35.5. The summed E-state index contributed by atoms with van der Waals surface area (Å²) in [5.41, 5.74) is 0.843. The lowest BCUT2D eigenvalue weighted by atomic mass is 10.0. The Morgan fingerprint density at radius 1 is 1.02 bits per heavy atom. The molecule has 2 aromatic carbocycles. The number of sulfone groups is 1. The molecule has 1 aliphatic rings. The molecule has 0 amide bonds. The molecule has 0 unspecified atom stereocenters. The van der Waals surface area contributed by atoms with Crippen LogP contribution in [-0.4, -0.2) is 72.4 Å². The van der Waals surface area contributed by atoms with E-state index in [9.17, 15) is 17.2 Å². The van der Waals surface area contributed by atoms with Gasteiger partial charge in [0.05, 0.1) is 52.8 Å². The maximum absolute atomic E-state index is 14.1. The molecular weight excluding hydrogens is 661 g/mol. The monoisotopic (exact) mass is 684 g/mol. The molecule has 3 N–H and O–H groups in total. The Hall–Kier alpha value is -4.09. The van der Waals surface area contributed by atoms with Crippen molar-refractivity contribution in [3.63, 3.8) is 0 Å². The van der Waals surface area contributed by atoms with Gasteiger partial charge in [-0.05, 0) is 48.0 Å².